The molecule has 0 radical (unpaired) electrons. The van der Waals surface area contributed by atoms with Crippen LogP contribution in [0.2, 0.25) is 0 Å². The fourth-order valence-electron chi connectivity index (χ4n) is 4.06. The van der Waals surface area contributed by atoms with Gasteiger partial charge in [-0.2, -0.15) is 0 Å². The van der Waals surface area contributed by atoms with Crippen molar-refractivity contribution in [3.05, 3.63) is 83.2 Å². The van der Waals surface area contributed by atoms with Gasteiger partial charge in [-0.15, -0.1) is 10.2 Å². The van der Waals surface area contributed by atoms with Gasteiger partial charge in [-0.25, -0.2) is 0 Å². The second-order valence-corrected chi connectivity index (χ2v) is 9.50. The summed E-state index contributed by atoms with van der Waals surface area (Å²) in [6.07, 6.45) is 4.71. The molecule has 0 aliphatic carbocycles. The largest absolute Gasteiger partial charge is 0.326 e. The molecule has 174 valence electrons. The fraction of sp³-hybridized carbons (Fsp3) is 0.259. The molecule has 7 heteroatoms. The molecular weight excluding hydrogens is 442 g/mol. The standard InChI is InChI=1S/C27H29N5OS/c1-18-16-20(3)25(21(4)17-18)29-24(33)10-7-15-34-27-31-30-26(22-11-13-28-14-12-22)32(27)23-9-6-5-8-19(23)2/h5-6,8-9,11-14,16-17H,7,10,15H2,1-4H3,(H,29,33). The van der Waals surface area contributed by atoms with Crippen molar-refractivity contribution >= 4 is 23.4 Å². The number of amides is 1. The highest BCUT2D eigenvalue weighted by atomic mass is 32.2. The number of para-hydroxylation sites is 1. The molecule has 4 rings (SSSR count). The maximum absolute atomic E-state index is 12.6. The molecule has 1 N–H and O–H groups in total. The van der Waals surface area contributed by atoms with Crippen LogP contribution in [0.4, 0.5) is 5.69 Å². The van der Waals surface area contributed by atoms with Crippen LogP contribution in [0.25, 0.3) is 17.1 Å². The molecule has 0 aliphatic heterocycles. The number of anilines is 1. The number of carbonyl (C=O) groups is 1. The lowest BCUT2D eigenvalue weighted by Crippen LogP contribution is -2.13. The van der Waals surface area contributed by atoms with Gasteiger partial charge in [0, 0.05) is 35.8 Å². The molecule has 2 aromatic carbocycles. The summed E-state index contributed by atoms with van der Waals surface area (Å²) in [5.41, 5.74) is 7.46. The molecule has 0 saturated heterocycles. The number of nitrogens with one attached hydrogen (secondary N) is 1. The maximum Gasteiger partial charge on any atom is 0.224 e. The highest BCUT2D eigenvalue weighted by Crippen LogP contribution is 2.30. The van der Waals surface area contributed by atoms with E-state index in [2.05, 4.69) is 63.2 Å². The van der Waals surface area contributed by atoms with E-state index in [1.807, 2.05) is 38.1 Å². The van der Waals surface area contributed by atoms with Crippen molar-refractivity contribution in [1.82, 2.24) is 19.7 Å². The Morgan fingerprint density at radius 2 is 1.65 bits per heavy atom. The predicted octanol–water partition coefficient (Wildman–Crippen LogP) is 6.07. The Balaban J connectivity index is 1.45. The molecule has 2 heterocycles. The number of benzene rings is 2. The topological polar surface area (TPSA) is 72.7 Å². The molecule has 0 unspecified atom stereocenters. The van der Waals surface area contributed by atoms with Crippen molar-refractivity contribution in [3.63, 3.8) is 0 Å². The van der Waals surface area contributed by atoms with Crippen molar-refractivity contribution < 1.29 is 4.79 Å². The Bertz CT molecular complexity index is 1280. The van der Waals surface area contributed by atoms with Crippen LogP contribution in [0.15, 0.2) is 66.1 Å². The molecule has 0 spiro atoms. The summed E-state index contributed by atoms with van der Waals surface area (Å²) in [7, 11) is 0. The number of rotatable bonds is 8. The maximum atomic E-state index is 12.6. The van der Waals surface area contributed by atoms with Gasteiger partial charge < -0.3 is 5.32 Å². The third-order valence-electron chi connectivity index (χ3n) is 5.65. The third kappa shape index (κ3) is 5.37. The Labute approximate surface area is 204 Å². The first kappa shape index (κ1) is 23.7. The summed E-state index contributed by atoms with van der Waals surface area (Å²) in [6, 6.07) is 16.3. The van der Waals surface area contributed by atoms with Crippen LogP contribution in [0.5, 0.6) is 0 Å². The molecule has 0 fully saturated rings. The Morgan fingerprint density at radius 1 is 0.941 bits per heavy atom. The molecule has 2 aromatic heterocycles. The van der Waals surface area contributed by atoms with Gasteiger partial charge in [-0.05, 0) is 69.0 Å². The fourth-order valence-corrected chi connectivity index (χ4v) is 4.94. The van der Waals surface area contributed by atoms with E-state index in [-0.39, 0.29) is 5.91 Å². The SMILES string of the molecule is Cc1cc(C)c(NC(=O)CCCSc2nnc(-c3ccncc3)n2-c2ccccc2C)c(C)c1. The van der Waals surface area contributed by atoms with Crippen molar-refractivity contribution in [2.24, 2.45) is 0 Å². The first-order valence-electron chi connectivity index (χ1n) is 11.4. The lowest BCUT2D eigenvalue weighted by molar-refractivity contribution is -0.116. The number of nitrogens with zero attached hydrogens (tertiary/aromatic N) is 4. The summed E-state index contributed by atoms with van der Waals surface area (Å²) in [5.74, 6) is 1.58. The smallest absolute Gasteiger partial charge is 0.224 e. The van der Waals surface area contributed by atoms with Gasteiger partial charge in [0.25, 0.3) is 0 Å². The minimum atomic E-state index is 0.0356. The highest BCUT2D eigenvalue weighted by Gasteiger charge is 2.17. The van der Waals surface area contributed by atoms with Crippen molar-refractivity contribution in [3.8, 4) is 17.1 Å². The quantitative estimate of drug-likeness (QED) is 0.249. The van der Waals surface area contributed by atoms with E-state index in [4.69, 9.17) is 0 Å². The monoisotopic (exact) mass is 471 g/mol. The van der Waals surface area contributed by atoms with Crippen molar-refractivity contribution in [1.29, 1.82) is 0 Å². The lowest BCUT2D eigenvalue weighted by Gasteiger charge is -2.13. The van der Waals surface area contributed by atoms with Crippen LogP contribution in [0, 0.1) is 27.7 Å². The normalized spacial score (nSPS) is 10.9. The Kier molecular flexibility index (Phi) is 7.43. The summed E-state index contributed by atoms with van der Waals surface area (Å²) in [5, 5.41) is 12.9. The van der Waals surface area contributed by atoms with Gasteiger partial charge in [0.2, 0.25) is 5.91 Å². The third-order valence-corrected chi connectivity index (χ3v) is 6.66. The van der Waals surface area contributed by atoms with Crippen molar-refractivity contribution in [2.75, 3.05) is 11.1 Å². The zero-order valence-electron chi connectivity index (χ0n) is 20.0. The number of aromatic nitrogens is 4. The zero-order valence-corrected chi connectivity index (χ0v) is 20.8. The molecule has 6 nitrogen and oxygen atoms in total. The molecule has 1 amide bonds. The minimum absolute atomic E-state index is 0.0356. The molecule has 0 atom stereocenters. The summed E-state index contributed by atoms with van der Waals surface area (Å²) in [4.78, 5) is 16.7. The van der Waals surface area contributed by atoms with E-state index in [1.165, 1.54) is 5.56 Å². The van der Waals surface area contributed by atoms with Crippen LogP contribution in [-0.2, 0) is 4.79 Å². The predicted molar refractivity (Wildman–Crippen MR) is 139 cm³/mol. The van der Waals surface area contributed by atoms with Crippen LogP contribution in [-0.4, -0.2) is 31.4 Å². The van der Waals surface area contributed by atoms with Gasteiger partial charge in [-0.3, -0.25) is 14.3 Å². The van der Waals surface area contributed by atoms with E-state index < -0.39 is 0 Å². The number of carbonyl (C=O) groups excluding carboxylic acids is 1. The van der Waals surface area contributed by atoms with Gasteiger partial charge in [0.15, 0.2) is 11.0 Å². The summed E-state index contributed by atoms with van der Waals surface area (Å²) in [6.45, 7) is 8.21. The van der Waals surface area contributed by atoms with Crippen LogP contribution < -0.4 is 5.32 Å². The van der Waals surface area contributed by atoms with E-state index in [1.54, 1.807) is 24.2 Å². The molecule has 0 aliphatic rings. The number of hydrogen-bond donors (Lipinski definition) is 1. The Hall–Kier alpha value is -3.45. The number of aryl methyl sites for hydroxylation is 4. The molecule has 0 bridgehead atoms. The first-order valence-corrected chi connectivity index (χ1v) is 12.3. The number of thioether (sulfide) groups is 1. The summed E-state index contributed by atoms with van der Waals surface area (Å²) >= 11 is 1.62. The van der Waals surface area contributed by atoms with E-state index >= 15 is 0 Å². The van der Waals surface area contributed by atoms with Gasteiger partial charge in [0.05, 0.1) is 5.69 Å². The molecule has 34 heavy (non-hydrogen) atoms. The number of pyridine rings is 1. The second kappa shape index (κ2) is 10.7. The van der Waals surface area contributed by atoms with E-state index in [0.29, 0.717) is 6.42 Å². The van der Waals surface area contributed by atoms with Crippen LogP contribution in [0.3, 0.4) is 0 Å². The average Bonchev–Trinajstić information content (AvgIpc) is 3.23. The first-order chi connectivity index (χ1) is 16.4. The Morgan fingerprint density at radius 3 is 2.35 bits per heavy atom. The van der Waals surface area contributed by atoms with Gasteiger partial charge in [0.1, 0.15) is 0 Å². The average molecular weight is 472 g/mol. The zero-order chi connectivity index (χ0) is 24.1. The van der Waals surface area contributed by atoms with E-state index in [0.717, 1.165) is 56.8 Å². The molecular formula is C27H29N5OS. The van der Waals surface area contributed by atoms with Crippen LogP contribution in [0.1, 0.15) is 35.1 Å². The molecule has 4 aromatic rings. The van der Waals surface area contributed by atoms with Crippen molar-refractivity contribution in [2.45, 2.75) is 45.7 Å². The second-order valence-electron chi connectivity index (χ2n) is 8.44. The summed E-state index contributed by atoms with van der Waals surface area (Å²) < 4.78 is 2.09. The number of hydrogen-bond acceptors (Lipinski definition) is 5. The van der Waals surface area contributed by atoms with E-state index in [9.17, 15) is 4.79 Å². The molecule has 0 saturated carbocycles. The van der Waals surface area contributed by atoms with Gasteiger partial charge in [-0.1, -0.05) is 47.7 Å². The van der Waals surface area contributed by atoms with Gasteiger partial charge >= 0.3 is 0 Å². The minimum Gasteiger partial charge on any atom is -0.326 e. The lowest BCUT2D eigenvalue weighted by atomic mass is 10.0. The highest BCUT2D eigenvalue weighted by molar-refractivity contribution is 7.99. The van der Waals surface area contributed by atoms with Crippen LogP contribution >= 0.6 is 11.8 Å².